The van der Waals surface area contributed by atoms with Crippen molar-refractivity contribution in [2.75, 3.05) is 11.9 Å². The first-order chi connectivity index (χ1) is 7.67. The predicted octanol–water partition coefficient (Wildman–Crippen LogP) is 2.87. The zero-order valence-electron chi connectivity index (χ0n) is 9.91. The van der Waals surface area contributed by atoms with Crippen molar-refractivity contribution in [2.45, 2.75) is 20.8 Å². The molecule has 0 bridgehead atoms. The highest BCUT2D eigenvalue weighted by molar-refractivity contribution is 5.91. The molecule has 0 aromatic heterocycles. The number of nitrogens with one attached hydrogen (secondary N) is 1. The molecule has 1 N–H and O–H groups in total. The van der Waals surface area contributed by atoms with Gasteiger partial charge in [-0.1, -0.05) is 23.8 Å². The number of carbonyl (C=O) groups is 1. The lowest BCUT2D eigenvalue weighted by molar-refractivity contribution is -0.138. The quantitative estimate of drug-likeness (QED) is 0.625. The van der Waals surface area contributed by atoms with E-state index in [4.69, 9.17) is 4.74 Å². The van der Waals surface area contributed by atoms with Crippen LogP contribution >= 0.6 is 0 Å². The summed E-state index contributed by atoms with van der Waals surface area (Å²) in [6, 6.07) is 7.83. The number of hydrogen-bond donors (Lipinski definition) is 1. The molecule has 0 saturated heterocycles. The van der Waals surface area contributed by atoms with E-state index in [1.807, 2.05) is 31.2 Å². The monoisotopic (exact) mass is 219 g/mol. The van der Waals surface area contributed by atoms with Crippen LogP contribution in [0.15, 0.2) is 36.0 Å². The van der Waals surface area contributed by atoms with E-state index in [1.165, 1.54) is 5.56 Å². The van der Waals surface area contributed by atoms with E-state index < -0.39 is 0 Å². The number of esters is 1. The first-order valence-corrected chi connectivity index (χ1v) is 5.34. The molecule has 0 spiro atoms. The first-order valence-electron chi connectivity index (χ1n) is 5.34. The highest BCUT2D eigenvalue weighted by Crippen LogP contribution is 2.12. The third kappa shape index (κ3) is 3.42. The van der Waals surface area contributed by atoms with Gasteiger partial charge in [0.15, 0.2) is 0 Å². The molecule has 0 fully saturated rings. The third-order valence-electron chi connectivity index (χ3n) is 2.11. The number of carbonyl (C=O) groups excluding carboxylic acids is 1. The van der Waals surface area contributed by atoms with Gasteiger partial charge in [-0.3, -0.25) is 0 Å². The molecule has 1 aromatic carbocycles. The maximum absolute atomic E-state index is 11.5. The third-order valence-corrected chi connectivity index (χ3v) is 2.11. The second kappa shape index (κ2) is 5.95. The molecule has 0 saturated carbocycles. The summed E-state index contributed by atoms with van der Waals surface area (Å²) in [5.41, 5.74) is 2.53. The fraction of sp³-hybridized carbons (Fsp3) is 0.308. The second-order valence-electron chi connectivity index (χ2n) is 3.41. The molecule has 16 heavy (non-hydrogen) atoms. The Bertz CT molecular complexity index is 379. The molecule has 0 heterocycles. The molecular formula is C13H17NO2. The minimum atomic E-state index is -0.328. The van der Waals surface area contributed by atoms with Crippen LogP contribution in [-0.2, 0) is 9.53 Å². The molecule has 3 nitrogen and oxygen atoms in total. The predicted molar refractivity (Wildman–Crippen MR) is 65.2 cm³/mol. The van der Waals surface area contributed by atoms with Crippen LogP contribution in [0.5, 0.6) is 0 Å². The number of aryl methyl sites for hydroxylation is 1. The molecule has 1 rings (SSSR count). The standard InChI is InChI=1S/C13H17NO2/c1-4-12(13(15)16-5-2)14-11-8-6-10(3)7-9-11/h4,6-9,14H,5H2,1-3H3. The number of hydrogen-bond acceptors (Lipinski definition) is 3. The molecular weight excluding hydrogens is 202 g/mol. The summed E-state index contributed by atoms with van der Waals surface area (Å²) in [7, 11) is 0. The minimum Gasteiger partial charge on any atom is -0.461 e. The molecule has 86 valence electrons. The Morgan fingerprint density at radius 1 is 1.38 bits per heavy atom. The summed E-state index contributed by atoms with van der Waals surface area (Å²) >= 11 is 0. The Kier molecular flexibility index (Phi) is 4.58. The Morgan fingerprint density at radius 2 is 2.00 bits per heavy atom. The Morgan fingerprint density at radius 3 is 2.50 bits per heavy atom. The van der Waals surface area contributed by atoms with E-state index in [0.29, 0.717) is 12.3 Å². The minimum absolute atomic E-state index is 0.328. The van der Waals surface area contributed by atoms with Gasteiger partial charge in [-0.05, 0) is 32.9 Å². The van der Waals surface area contributed by atoms with E-state index >= 15 is 0 Å². The van der Waals surface area contributed by atoms with Gasteiger partial charge < -0.3 is 10.1 Å². The number of anilines is 1. The summed E-state index contributed by atoms with van der Waals surface area (Å²) in [4.78, 5) is 11.5. The van der Waals surface area contributed by atoms with Crippen LogP contribution in [0.3, 0.4) is 0 Å². The molecule has 0 aliphatic heterocycles. The van der Waals surface area contributed by atoms with E-state index in [-0.39, 0.29) is 5.97 Å². The highest BCUT2D eigenvalue weighted by atomic mass is 16.5. The van der Waals surface area contributed by atoms with Gasteiger partial charge in [-0.15, -0.1) is 0 Å². The molecule has 1 aromatic rings. The van der Waals surface area contributed by atoms with Gasteiger partial charge in [0.25, 0.3) is 0 Å². The van der Waals surface area contributed by atoms with E-state index in [9.17, 15) is 4.79 Å². The summed E-state index contributed by atoms with van der Waals surface area (Å²) in [6.07, 6.45) is 1.71. The fourth-order valence-corrected chi connectivity index (χ4v) is 1.24. The topological polar surface area (TPSA) is 38.3 Å². The van der Waals surface area contributed by atoms with Crippen LogP contribution in [0.1, 0.15) is 19.4 Å². The van der Waals surface area contributed by atoms with Crippen LogP contribution < -0.4 is 5.32 Å². The largest absolute Gasteiger partial charge is 0.461 e. The molecule has 0 atom stereocenters. The van der Waals surface area contributed by atoms with Crippen LogP contribution in [-0.4, -0.2) is 12.6 Å². The van der Waals surface area contributed by atoms with Gasteiger partial charge in [0, 0.05) is 5.69 Å². The number of ether oxygens (including phenoxy) is 1. The molecule has 0 radical (unpaired) electrons. The SMILES string of the molecule is CC=C(Nc1ccc(C)cc1)C(=O)OCC. The smallest absolute Gasteiger partial charge is 0.354 e. The van der Waals surface area contributed by atoms with Crippen molar-refractivity contribution in [2.24, 2.45) is 0 Å². The van der Waals surface area contributed by atoms with Crippen LogP contribution in [0, 0.1) is 6.92 Å². The van der Waals surface area contributed by atoms with Crippen molar-refractivity contribution in [3.05, 3.63) is 41.6 Å². The van der Waals surface area contributed by atoms with Gasteiger partial charge in [0.05, 0.1) is 6.61 Å². The second-order valence-corrected chi connectivity index (χ2v) is 3.41. The van der Waals surface area contributed by atoms with Gasteiger partial charge in [-0.2, -0.15) is 0 Å². The lowest BCUT2D eigenvalue weighted by Crippen LogP contribution is -2.14. The van der Waals surface area contributed by atoms with Gasteiger partial charge in [-0.25, -0.2) is 4.79 Å². The average Bonchev–Trinajstić information content (AvgIpc) is 2.28. The molecule has 0 unspecified atom stereocenters. The van der Waals surface area contributed by atoms with Crippen LogP contribution in [0.2, 0.25) is 0 Å². The lowest BCUT2D eigenvalue weighted by atomic mass is 10.2. The lowest BCUT2D eigenvalue weighted by Gasteiger charge is -2.09. The van der Waals surface area contributed by atoms with Crippen molar-refractivity contribution >= 4 is 11.7 Å². The van der Waals surface area contributed by atoms with Gasteiger partial charge in [0.2, 0.25) is 0 Å². The maximum atomic E-state index is 11.5. The number of allylic oxidation sites excluding steroid dienone is 1. The summed E-state index contributed by atoms with van der Waals surface area (Å²) in [5.74, 6) is -0.328. The Balaban J connectivity index is 2.71. The summed E-state index contributed by atoms with van der Waals surface area (Å²) < 4.78 is 4.92. The van der Waals surface area contributed by atoms with Crippen LogP contribution in [0.25, 0.3) is 0 Å². The van der Waals surface area contributed by atoms with Gasteiger partial charge >= 0.3 is 5.97 Å². The first kappa shape index (κ1) is 12.3. The van der Waals surface area contributed by atoms with Crippen molar-refractivity contribution in [3.63, 3.8) is 0 Å². The van der Waals surface area contributed by atoms with E-state index in [0.717, 1.165) is 5.69 Å². The number of benzene rings is 1. The molecule has 3 heteroatoms. The Labute approximate surface area is 96.1 Å². The van der Waals surface area contributed by atoms with Crippen molar-refractivity contribution in [1.29, 1.82) is 0 Å². The number of rotatable bonds is 4. The Hall–Kier alpha value is -1.77. The fourth-order valence-electron chi connectivity index (χ4n) is 1.24. The summed E-state index contributed by atoms with van der Waals surface area (Å²) in [6.45, 7) is 5.99. The normalized spacial score (nSPS) is 11.1. The van der Waals surface area contributed by atoms with Crippen molar-refractivity contribution < 1.29 is 9.53 Å². The molecule has 0 amide bonds. The van der Waals surface area contributed by atoms with Gasteiger partial charge in [0.1, 0.15) is 5.70 Å². The molecule has 0 aliphatic carbocycles. The van der Waals surface area contributed by atoms with E-state index in [1.54, 1.807) is 19.9 Å². The van der Waals surface area contributed by atoms with Crippen molar-refractivity contribution in [1.82, 2.24) is 0 Å². The highest BCUT2D eigenvalue weighted by Gasteiger charge is 2.08. The summed E-state index contributed by atoms with van der Waals surface area (Å²) in [5, 5.41) is 3.03. The van der Waals surface area contributed by atoms with Crippen LogP contribution in [0.4, 0.5) is 5.69 Å². The molecule has 0 aliphatic rings. The average molecular weight is 219 g/mol. The van der Waals surface area contributed by atoms with Crippen molar-refractivity contribution in [3.8, 4) is 0 Å². The zero-order chi connectivity index (χ0) is 12.0. The van der Waals surface area contributed by atoms with E-state index in [2.05, 4.69) is 5.32 Å². The zero-order valence-corrected chi connectivity index (χ0v) is 9.91. The maximum Gasteiger partial charge on any atom is 0.354 e.